The number of aliphatic hydroxyl groups is 1. The van der Waals surface area contributed by atoms with Crippen molar-refractivity contribution in [3.05, 3.63) is 17.3 Å². The van der Waals surface area contributed by atoms with Crippen LogP contribution in [0.4, 0.5) is 10.6 Å². The van der Waals surface area contributed by atoms with E-state index < -0.39 is 41.4 Å². The number of aliphatic hydroxyl groups excluding tert-OH is 1. The highest BCUT2D eigenvalue weighted by molar-refractivity contribution is 7.18. The van der Waals surface area contributed by atoms with E-state index in [0.717, 1.165) is 5.56 Å². The van der Waals surface area contributed by atoms with E-state index in [0.29, 0.717) is 22.5 Å². The molecule has 0 bridgehead atoms. The minimum Gasteiger partial charge on any atom is -0.444 e. The summed E-state index contributed by atoms with van der Waals surface area (Å²) < 4.78 is 24.7. The summed E-state index contributed by atoms with van der Waals surface area (Å²) in [5.74, 6) is -0.408. The average Bonchev–Trinajstić information content (AvgIpc) is 3.30. The first-order valence-electron chi connectivity index (χ1n) is 10.3. The van der Waals surface area contributed by atoms with E-state index in [2.05, 4.69) is 15.3 Å². The van der Waals surface area contributed by atoms with Crippen LogP contribution in [0.5, 0.6) is 0 Å². The van der Waals surface area contributed by atoms with Gasteiger partial charge >= 0.3 is 6.09 Å². The van der Waals surface area contributed by atoms with Crippen molar-refractivity contribution in [1.82, 2.24) is 9.97 Å². The van der Waals surface area contributed by atoms with Gasteiger partial charge in [-0.05, 0) is 46.4 Å². The Morgan fingerprint density at radius 2 is 2.03 bits per heavy atom. The number of anilines is 1. The molecule has 170 valence electrons. The second-order valence-corrected chi connectivity index (χ2v) is 10.2. The second kappa shape index (κ2) is 7.63. The van der Waals surface area contributed by atoms with E-state index >= 15 is 0 Å². The van der Waals surface area contributed by atoms with Crippen LogP contribution in [0.1, 0.15) is 59.6 Å². The van der Waals surface area contributed by atoms with Crippen LogP contribution in [-0.4, -0.2) is 57.0 Å². The van der Waals surface area contributed by atoms with Gasteiger partial charge in [-0.3, -0.25) is 5.32 Å². The molecule has 2 aromatic heterocycles. The minimum absolute atomic E-state index is 0.177. The molecule has 0 aromatic carbocycles. The van der Waals surface area contributed by atoms with E-state index in [4.69, 9.17) is 18.9 Å². The number of fused-ring (bicyclic) bond motifs is 2. The van der Waals surface area contributed by atoms with Crippen LogP contribution >= 0.6 is 11.3 Å². The van der Waals surface area contributed by atoms with Gasteiger partial charge in [0, 0.05) is 5.56 Å². The predicted molar refractivity (Wildman–Crippen MR) is 115 cm³/mol. The lowest BCUT2D eigenvalue weighted by Crippen LogP contribution is -2.45. The molecule has 4 heterocycles. The largest absolute Gasteiger partial charge is 0.444 e. The van der Waals surface area contributed by atoms with Crippen LogP contribution in [0.2, 0.25) is 0 Å². The molecule has 0 saturated carbocycles. The normalized spacial score (nSPS) is 29.8. The Labute approximate surface area is 185 Å². The average molecular weight is 452 g/mol. The van der Waals surface area contributed by atoms with E-state index in [1.165, 1.54) is 17.7 Å². The highest BCUT2D eigenvalue weighted by atomic mass is 32.1. The number of hydrogen-bond donors (Lipinski definition) is 2. The molecule has 4 atom stereocenters. The summed E-state index contributed by atoms with van der Waals surface area (Å²) in [6, 6.07) is 0. The molecule has 2 aliphatic rings. The van der Waals surface area contributed by atoms with E-state index in [9.17, 15) is 9.90 Å². The summed E-state index contributed by atoms with van der Waals surface area (Å²) in [4.78, 5) is 20.9. The van der Waals surface area contributed by atoms with Crippen LogP contribution in [0.15, 0.2) is 11.7 Å². The molecule has 2 saturated heterocycles. The third kappa shape index (κ3) is 4.03. The maximum absolute atomic E-state index is 12.2. The van der Waals surface area contributed by atoms with Gasteiger partial charge in [0.1, 0.15) is 35.8 Å². The van der Waals surface area contributed by atoms with Gasteiger partial charge in [-0.25, -0.2) is 14.8 Å². The first-order valence-corrected chi connectivity index (χ1v) is 11.2. The monoisotopic (exact) mass is 451 g/mol. The summed E-state index contributed by atoms with van der Waals surface area (Å²) in [5, 5.41) is 14.8. The van der Waals surface area contributed by atoms with E-state index in [-0.39, 0.29) is 6.61 Å². The molecule has 0 radical (unpaired) electrons. The van der Waals surface area contributed by atoms with Crippen molar-refractivity contribution in [3.63, 3.8) is 0 Å². The summed E-state index contributed by atoms with van der Waals surface area (Å²) >= 11 is 1.40. The number of nitrogens with one attached hydrogen (secondary N) is 1. The first-order chi connectivity index (χ1) is 14.5. The Balaban J connectivity index is 1.68. The predicted octanol–water partition coefficient (Wildman–Crippen LogP) is 3.77. The zero-order valence-electron chi connectivity index (χ0n) is 18.6. The molecule has 2 fully saturated rings. The smallest absolute Gasteiger partial charge is 0.413 e. The van der Waals surface area contributed by atoms with Gasteiger partial charge in [0.25, 0.3) is 0 Å². The Morgan fingerprint density at radius 1 is 1.29 bits per heavy atom. The van der Waals surface area contributed by atoms with Crippen LogP contribution in [0.3, 0.4) is 0 Å². The third-order valence-corrected chi connectivity index (χ3v) is 6.47. The summed E-state index contributed by atoms with van der Waals surface area (Å²) in [6.07, 6.45) is 0.113. The summed E-state index contributed by atoms with van der Waals surface area (Å²) in [6.45, 7) is 10.9. The molecule has 1 amide bonds. The molecule has 4 rings (SSSR count). The molecule has 2 N–H and O–H groups in total. The zero-order valence-corrected chi connectivity index (χ0v) is 19.4. The van der Waals surface area contributed by atoms with Crippen LogP contribution in [0, 0.1) is 0 Å². The van der Waals surface area contributed by atoms with Crippen molar-refractivity contribution < 1.29 is 28.8 Å². The van der Waals surface area contributed by atoms with Gasteiger partial charge in [0.05, 0.1) is 16.8 Å². The lowest BCUT2D eigenvalue weighted by atomic mass is 9.92. The lowest BCUT2D eigenvalue weighted by Gasteiger charge is -2.32. The van der Waals surface area contributed by atoms with Crippen molar-refractivity contribution >= 4 is 33.5 Å². The number of carbonyl (C=O) groups excluding carboxylic acids is 1. The Bertz CT molecular complexity index is 981. The number of amides is 1. The van der Waals surface area contributed by atoms with Crippen LogP contribution in [-0.2, 0) is 18.9 Å². The molecule has 2 aliphatic heterocycles. The van der Waals surface area contributed by atoms with Crippen molar-refractivity contribution in [2.24, 2.45) is 0 Å². The van der Waals surface area contributed by atoms with Crippen molar-refractivity contribution in [2.45, 2.75) is 83.3 Å². The maximum Gasteiger partial charge on any atom is 0.413 e. The second-order valence-electron chi connectivity index (χ2n) is 9.35. The molecule has 2 aromatic rings. The number of thiophene rings is 1. The highest BCUT2D eigenvalue weighted by Crippen LogP contribution is 2.52. The number of hydrogen-bond acceptors (Lipinski definition) is 9. The minimum atomic E-state index is -0.859. The van der Waals surface area contributed by atoms with Crippen LogP contribution < -0.4 is 5.32 Å². The fourth-order valence-electron chi connectivity index (χ4n) is 4.13. The van der Waals surface area contributed by atoms with Gasteiger partial charge < -0.3 is 24.1 Å². The maximum atomic E-state index is 12.2. The van der Waals surface area contributed by atoms with Gasteiger partial charge in [-0.2, -0.15) is 0 Å². The van der Waals surface area contributed by atoms with Crippen LogP contribution in [0.25, 0.3) is 10.2 Å². The number of nitrogens with zero attached hydrogens (tertiary/aromatic N) is 2. The topological polar surface area (TPSA) is 112 Å². The van der Waals surface area contributed by atoms with Crippen molar-refractivity contribution in [2.75, 3.05) is 11.9 Å². The molecule has 0 aliphatic carbocycles. The standard InChI is InChI=1S/C21H29N3O6S/c1-7-21(9-25)16-14(27-20(5,6)29-16)13(28-21)11-8-31-15-12(11)22-10-23-17(15)24-18(26)30-19(2,3)4/h8,10,13-14,16,25H,7,9H2,1-6H3,(H,22,23,24,26)/t13-,14-,16-,21-/m0/s1. The van der Waals surface area contributed by atoms with Gasteiger partial charge in [0.2, 0.25) is 0 Å². The Morgan fingerprint density at radius 3 is 2.68 bits per heavy atom. The Kier molecular flexibility index (Phi) is 5.50. The highest BCUT2D eigenvalue weighted by Gasteiger charge is 2.62. The fourth-order valence-corrected chi connectivity index (χ4v) is 5.12. The van der Waals surface area contributed by atoms with Gasteiger partial charge in [0.15, 0.2) is 11.6 Å². The number of ether oxygens (including phenoxy) is 4. The quantitative estimate of drug-likeness (QED) is 0.722. The number of carbonyl (C=O) groups is 1. The molecule has 31 heavy (non-hydrogen) atoms. The fraction of sp³-hybridized carbons (Fsp3) is 0.667. The molecule has 0 spiro atoms. The van der Waals surface area contributed by atoms with E-state index in [1.54, 1.807) is 20.8 Å². The van der Waals surface area contributed by atoms with Crippen molar-refractivity contribution in [1.29, 1.82) is 0 Å². The van der Waals surface area contributed by atoms with Gasteiger partial charge in [-0.15, -0.1) is 11.3 Å². The van der Waals surface area contributed by atoms with E-state index in [1.807, 2.05) is 26.2 Å². The number of rotatable bonds is 4. The van der Waals surface area contributed by atoms with Gasteiger partial charge in [-0.1, -0.05) is 6.92 Å². The van der Waals surface area contributed by atoms with Crippen molar-refractivity contribution in [3.8, 4) is 0 Å². The molecule has 0 unspecified atom stereocenters. The summed E-state index contributed by atoms with van der Waals surface area (Å²) in [5.41, 5.74) is -0.00554. The zero-order chi connectivity index (χ0) is 22.6. The summed E-state index contributed by atoms with van der Waals surface area (Å²) in [7, 11) is 0. The molecular formula is C21H29N3O6S. The first kappa shape index (κ1) is 22.3. The third-order valence-electron chi connectivity index (χ3n) is 5.48. The molecular weight excluding hydrogens is 422 g/mol. The Hall–Kier alpha value is -1.85. The molecule has 9 nitrogen and oxygen atoms in total. The SMILES string of the molecule is CC[C@@]1(CO)O[C@@H](c2csc3c(NC(=O)OC(C)(C)C)ncnc23)[C@@H]2OC(C)(C)O[C@@H]21. The number of aromatic nitrogens is 2. The lowest BCUT2D eigenvalue weighted by molar-refractivity contribution is -0.217. The molecule has 10 heteroatoms.